The van der Waals surface area contributed by atoms with Crippen molar-refractivity contribution in [1.82, 2.24) is 10.3 Å². The zero-order valence-corrected chi connectivity index (χ0v) is 26.8. The number of rotatable bonds is 10. The Morgan fingerprint density at radius 3 is 2.26 bits per heavy atom. The quantitative estimate of drug-likeness (QED) is 0.187. The highest BCUT2D eigenvalue weighted by molar-refractivity contribution is 7.11. The Labute approximate surface area is 257 Å². The van der Waals surface area contributed by atoms with Crippen LogP contribution in [-0.4, -0.2) is 31.9 Å². The summed E-state index contributed by atoms with van der Waals surface area (Å²) in [6.45, 7) is 10.6. The first-order chi connectivity index (χ1) is 20.6. The molecule has 0 saturated carbocycles. The Balaban J connectivity index is 1.39. The summed E-state index contributed by atoms with van der Waals surface area (Å²) in [5.74, 6) is 0.677. The topological polar surface area (TPSA) is 97.4 Å². The highest BCUT2D eigenvalue weighted by atomic mass is 32.1. The summed E-state index contributed by atoms with van der Waals surface area (Å²) in [5, 5.41) is 16.6. The predicted octanol–water partition coefficient (Wildman–Crippen LogP) is 6.28. The molecule has 220 valence electrons. The number of nitriles is 1. The van der Waals surface area contributed by atoms with Crippen LogP contribution in [0.25, 0.3) is 11.0 Å². The highest BCUT2D eigenvalue weighted by Crippen LogP contribution is 2.37. The summed E-state index contributed by atoms with van der Waals surface area (Å²) in [6, 6.07) is 27.2. The minimum atomic E-state index is -2.88. The summed E-state index contributed by atoms with van der Waals surface area (Å²) in [7, 11) is -2.88. The number of aromatic nitrogens is 1. The van der Waals surface area contributed by atoms with Crippen LogP contribution in [0, 0.1) is 25.2 Å². The minimum Gasteiger partial charge on any atom is -0.488 e. The molecule has 3 aromatic carbocycles. The van der Waals surface area contributed by atoms with Crippen LogP contribution in [0.3, 0.4) is 0 Å². The molecule has 0 fully saturated rings. The highest BCUT2D eigenvalue weighted by Gasteiger charge is 2.50. The van der Waals surface area contributed by atoms with E-state index in [9.17, 15) is 10.1 Å². The lowest BCUT2D eigenvalue weighted by molar-refractivity contribution is 0.0933. The van der Waals surface area contributed by atoms with Gasteiger partial charge >= 0.3 is 0 Å². The average molecular weight is 610 g/mol. The van der Waals surface area contributed by atoms with E-state index in [2.05, 4.69) is 61.4 Å². The number of furan rings is 1. The first kappa shape index (κ1) is 30.2. The summed E-state index contributed by atoms with van der Waals surface area (Å²) in [4.78, 5) is 18.9. The fraction of sp³-hybridized carbons (Fsp3) is 0.265. The van der Waals surface area contributed by atoms with Gasteiger partial charge in [0.15, 0.2) is 0 Å². The molecule has 1 N–H and O–H groups in total. The van der Waals surface area contributed by atoms with Gasteiger partial charge in [-0.15, -0.1) is 11.3 Å². The molecule has 5 aromatic rings. The second kappa shape index (κ2) is 12.6. The van der Waals surface area contributed by atoms with Gasteiger partial charge in [-0.25, -0.2) is 4.98 Å². The lowest BCUT2D eigenvalue weighted by Crippen LogP contribution is -2.67. The molecular formula is C34H35N3O4SSi. The number of carbonyl (C=O) groups is 1. The van der Waals surface area contributed by atoms with Gasteiger partial charge in [0.25, 0.3) is 14.2 Å². The van der Waals surface area contributed by atoms with Crippen molar-refractivity contribution in [2.24, 2.45) is 0 Å². The van der Waals surface area contributed by atoms with E-state index in [1.54, 1.807) is 36.6 Å². The van der Waals surface area contributed by atoms with Gasteiger partial charge in [0.1, 0.15) is 29.7 Å². The van der Waals surface area contributed by atoms with Crippen LogP contribution < -0.4 is 20.4 Å². The fourth-order valence-electron chi connectivity index (χ4n) is 5.51. The zero-order valence-electron chi connectivity index (χ0n) is 25.0. The number of thiazole rings is 1. The molecule has 0 bridgehead atoms. The van der Waals surface area contributed by atoms with E-state index in [1.807, 2.05) is 49.4 Å². The number of nitrogens with zero attached hydrogens (tertiary/aromatic N) is 2. The van der Waals surface area contributed by atoms with Gasteiger partial charge in [0.2, 0.25) is 0 Å². The molecule has 0 spiro atoms. The third-order valence-corrected chi connectivity index (χ3v) is 13.3. The standard InChI is InChI=1S/C34H35N3O4SSi/c1-23-32(30-18-26(16-17-31(30)41-23)39-22-27-20-36-24(2)42-27)33(38)37-25(19-35)21-40-43(34(3,4)5,28-12-8-6-9-13-28)29-14-10-7-11-15-29/h6-18,20,25H,21-22H2,1-5H3,(H,37,38)/t25-/m1/s1. The van der Waals surface area contributed by atoms with Crippen LogP contribution >= 0.6 is 11.3 Å². The minimum absolute atomic E-state index is 0.0347. The van der Waals surface area contributed by atoms with Gasteiger partial charge in [-0.3, -0.25) is 4.79 Å². The summed E-state index contributed by atoms with van der Waals surface area (Å²) < 4.78 is 18.8. The maximum atomic E-state index is 13.7. The molecule has 0 unspecified atom stereocenters. The Hall–Kier alpha value is -4.23. The first-order valence-electron chi connectivity index (χ1n) is 14.1. The number of nitrogens with one attached hydrogen (secondary N) is 1. The molecule has 0 aliphatic heterocycles. The molecule has 0 aliphatic carbocycles. The normalized spacial score (nSPS) is 12.6. The number of amides is 1. The molecule has 2 aromatic heterocycles. The van der Waals surface area contributed by atoms with Crippen molar-refractivity contribution < 1.29 is 18.4 Å². The predicted molar refractivity (Wildman–Crippen MR) is 173 cm³/mol. The van der Waals surface area contributed by atoms with Crippen LogP contribution in [-0.2, 0) is 11.0 Å². The molecule has 0 aliphatic rings. The van der Waals surface area contributed by atoms with Crippen LogP contribution in [0.5, 0.6) is 5.75 Å². The number of carbonyl (C=O) groups excluding carboxylic acids is 1. The summed E-state index contributed by atoms with van der Waals surface area (Å²) in [6.07, 6.45) is 1.80. The zero-order chi connectivity index (χ0) is 30.6. The summed E-state index contributed by atoms with van der Waals surface area (Å²) in [5.41, 5.74) is 0.945. The van der Waals surface area contributed by atoms with Crippen LogP contribution in [0.2, 0.25) is 5.04 Å². The first-order valence-corrected chi connectivity index (χ1v) is 16.9. The van der Waals surface area contributed by atoms with E-state index >= 15 is 0 Å². The van der Waals surface area contributed by atoms with Crippen molar-refractivity contribution in [2.75, 3.05) is 6.61 Å². The van der Waals surface area contributed by atoms with Crippen molar-refractivity contribution in [1.29, 1.82) is 5.26 Å². The number of hydrogen-bond donors (Lipinski definition) is 1. The lowest BCUT2D eigenvalue weighted by Gasteiger charge is -2.43. The number of hydrogen-bond acceptors (Lipinski definition) is 7. The Morgan fingerprint density at radius 2 is 1.70 bits per heavy atom. The molecule has 2 heterocycles. The van der Waals surface area contributed by atoms with Crippen LogP contribution in [0.1, 0.15) is 46.8 Å². The number of fused-ring (bicyclic) bond motifs is 1. The van der Waals surface area contributed by atoms with E-state index in [-0.39, 0.29) is 11.6 Å². The van der Waals surface area contributed by atoms with Gasteiger partial charge in [-0.05, 0) is 47.5 Å². The molecule has 1 amide bonds. The molecule has 0 radical (unpaired) electrons. The Kier molecular flexibility index (Phi) is 8.83. The van der Waals surface area contributed by atoms with Crippen molar-refractivity contribution in [2.45, 2.75) is 52.3 Å². The van der Waals surface area contributed by atoms with Crippen molar-refractivity contribution >= 4 is 46.9 Å². The second-order valence-corrected chi connectivity index (χ2v) is 17.1. The molecule has 43 heavy (non-hydrogen) atoms. The third-order valence-electron chi connectivity index (χ3n) is 7.46. The molecular weight excluding hydrogens is 575 g/mol. The maximum Gasteiger partial charge on any atom is 0.261 e. The van der Waals surface area contributed by atoms with Crippen molar-refractivity contribution in [3.05, 3.63) is 106 Å². The average Bonchev–Trinajstić information content (AvgIpc) is 3.57. The smallest absolute Gasteiger partial charge is 0.261 e. The van der Waals surface area contributed by atoms with Gasteiger partial charge in [0.05, 0.1) is 28.1 Å². The lowest BCUT2D eigenvalue weighted by atomic mass is 10.1. The van der Waals surface area contributed by atoms with Crippen LogP contribution in [0.15, 0.2) is 89.5 Å². The van der Waals surface area contributed by atoms with E-state index in [0.717, 1.165) is 20.3 Å². The number of benzene rings is 3. The maximum absolute atomic E-state index is 13.7. The van der Waals surface area contributed by atoms with Gasteiger partial charge < -0.3 is 18.9 Å². The third kappa shape index (κ3) is 6.27. The second-order valence-electron chi connectivity index (χ2n) is 11.5. The monoisotopic (exact) mass is 609 g/mol. The molecule has 0 saturated heterocycles. The largest absolute Gasteiger partial charge is 0.488 e. The summed E-state index contributed by atoms with van der Waals surface area (Å²) >= 11 is 1.58. The molecule has 1 atom stereocenters. The van der Waals surface area contributed by atoms with Gasteiger partial charge in [0, 0.05) is 11.6 Å². The van der Waals surface area contributed by atoms with E-state index in [4.69, 9.17) is 13.6 Å². The number of ether oxygens (including phenoxy) is 1. The van der Waals surface area contributed by atoms with Gasteiger partial charge in [-0.1, -0.05) is 81.4 Å². The van der Waals surface area contributed by atoms with Crippen LogP contribution in [0.4, 0.5) is 0 Å². The molecule has 5 rings (SSSR count). The van der Waals surface area contributed by atoms with E-state index in [0.29, 0.717) is 34.6 Å². The van der Waals surface area contributed by atoms with Crippen molar-refractivity contribution in [3.63, 3.8) is 0 Å². The van der Waals surface area contributed by atoms with E-state index < -0.39 is 20.3 Å². The molecule has 7 nitrogen and oxygen atoms in total. The SMILES string of the molecule is Cc1ncc(COc2ccc3oc(C)c(C(=O)N[C@H](C#N)CO[Si](c4ccccc4)(c4ccccc4)C(C)(C)C)c3c2)s1. The Bertz CT molecular complexity index is 1710. The van der Waals surface area contributed by atoms with E-state index in [1.165, 1.54) is 0 Å². The molecule has 9 heteroatoms. The Morgan fingerprint density at radius 1 is 1.05 bits per heavy atom. The fourth-order valence-corrected chi connectivity index (χ4v) is 10.8. The number of aryl methyl sites for hydroxylation is 2. The van der Waals surface area contributed by atoms with Crippen molar-refractivity contribution in [3.8, 4) is 11.8 Å². The van der Waals surface area contributed by atoms with Gasteiger partial charge in [-0.2, -0.15) is 5.26 Å².